The molecule has 0 heterocycles. The second-order valence-electron chi connectivity index (χ2n) is 4.03. The minimum absolute atomic E-state index is 0.760. The summed E-state index contributed by atoms with van der Waals surface area (Å²) in [5.74, 6) is 0. The van der Waals surface area contributed by atoms with Gasteiger partial charge in [0.2, 0.25) is 0 Å². The first kappa shape index (κ1) is 16.5. The molecule has 0 spiro atoms. The second kappa shape index (κ2) is 11.9. The molecule has 17 heavy (non-hydrogen) atoms. The van der Waals surface area contributed by atoms with Crippen LogP contribution in [0.4, 0.5) is 0 Å². The molecule has 0 aromatic rings. The Morgan fingerprint density at radius 1 is 0.882 bits per heavy atom. The van der Waals surface area contributed by atoms with E-state index in [0.717, 1.165) is 22.6 Å². The minimum atomic E-state index is 0.760. The summed E-state index contributed by atoms with van der Waals surface area (Å²) in [6.07, 6.45) is 17.0. The molecule has 2 atom stereocenters. The molecule has 0 aliphatic carbocycles. The van der Waals surface area contributed by atoms with Gasteiger partial charge in [0.1, 0.15) is 0 Å². The normalized spacial score (nSPS) is 15.4. The van der Waals surface area contributed by atoms with Gasteiger partial charge >= 0.3 is 113 Å². The predicted octanol–water partition coefficient (Wildman–Crippen LogP) is 5.73. The fraction of sp³-hybridized carbons (Fsp3) is 0.500. The van der Waals surface area contributed by atoms with Crippen LogP contribution < -0.4 is 0 Å². The van der Waals surface area contributed by atoms with Crippen LogP contribution in [0.2, 0.25) is 9.78 Å². The molecule has 0 aliphatic heterocycles. The molecule has 0 rings (SSSR count). The topological polar surface area (TPSA) is 0 Å². The second-order valence-corrected chi connectivity index (χ2v) is 6.30. The Bertz CT molecular complexity index is 224. The number of hydrogen-bond donors (Lipinski definition) is 0. The molecule has 0 aromatic carbocycles. The molecule has 0 nitrogen and oxygen atoms in total. The molecule has 0 radical (unpaired) electrons. The van der Waals surface area contributed by atoms with Gasteiger partial charge in [-0.1, -0.05) is 0 Å². The molecular formula is C16H26Ni. The Kier molecular flexibility index (Phi) is 11.5. The first-order chi connectivity index (χ1) is 8.20. The van der Waals surface area contributed by atoms with Crippen LogP contribution in [0.15, 0.2) is 49.6 Å². The van der Waals surface area contributed by atoms with Gasteiger partial charge in [-0.05, 0) is 0 Å². The van der Waals surface area contributed by atoms with Crippen molar-refractivity contribution in [2.24, 2.45) is 0 Å². The molecule has 1 heteroatoms. The molecule has 100 valence electrons. The van der Waals surface area contributed by atoms with Crippen LogP contribution in [-0.4, -0.2) is 0 Å². The van der Waals surface area contributed by atoms with Crippen LogP contribution >= 0.6 is 0 Å². The molecule has 0 saturated heterocycles. The van der Waals surface area contributed by atoms with Crippen molar-refractivity contribution in [3.8, 4) is 0 Å². The molecule has 1 unspecified atom stereocenters. The van der Waals surface area contributed by atoms with Crippen LogP contribution in [0.1, 0.15) is 39.5 Å². The van der Waals surface area contributed by atoms with Gasteiger partial charge < -0.3 is 0 Å². The summed E-state index contributed by atoms with van der Waals surface area (Å²) in [6, 6.07) is 0. The predicted molar refractivity (Wildman–Crippen MR) is 76.0 cm³/mol. The zero-order valence-electron chi connectivity index (χ0n) is 11.2. The van der Waals surface area contributed by atoms with Gasteiger partial charge in [0.25, 0.3) is 0 Å². The van der Waals surface area contributed by atoms with Crippen LogP contribution in [0.25, 0.3) is 0 Å². The van der Waals surface area contributed by atoms with Gasteiger partial charge in [-0.2, -0.15) is 0 Å². The number of hydrogen-bond acceptors (Lipinski definition) is 0. The summed E-state index contributed by atoms with van der Waals surface area (Å²) < 4.78 is 0. The SMILES string of the molecule is C=CC=CCC[CH](C)[Ni][C@H](C)CCC=CC=C. The standard InChI is InChI=1S/2C8H13.Ni/c2*1-3-5-7-8-6-4-2;/h2*3-5,7H,1,6,8H2,2H3;. The van der Waals surface area contributed by atoms with E-state index >= 15 is 0 Å². The fourth-order valence-electron chi connectivity index (χ4n) is 1.43. The quantitative estimate of drug-likeness (QED) is 0.353. The Morgan fingerprint density at radius 2 is 1.29 bits per heavy atom. The summed E-state index contributed by atoms with van der Waals surface area (Å²) in [4.78, 5) is 1.52. The maximum atomic E-state index is 3.67. The van der Waals surface area contributed by atoms with Gasteiger partial charge in [0, 0.05) is 0 Å². The third-order valence-electron chi connectivity index (χ3n) is 2.33. The van der Waals surface area contributed by atoms with E-state index in [0.29, 0.717) is 0 Å². The summed E-state index contributed by atoms with van der Waals surface area (Å²) in [5.41, 5.74) is 0. The Labute approximate surface area is 113 Å². The van der Waals surface area contributed by atoms with Crippen LogP contribution in [0.3, 0.4) is 0 Å². The third kappa shape index (κ3) is 11.7. The van der Waals surface area contributed by atoms with Gasteiger partial charge in [-0.25, -0.2) is 0 Å². The van der Waals surface area contributed by atoms with Crippen LogP contribution in [-0.2, 0) is 14.4 Å². The Hall–Kier alpha value is -0.546. The fourth-order valence-corrected chi connectivity index (χ4v) is 3.05. The van der Waals surface area contributed by atoms with E-state index < -0.39 is 0 Å². The molecule has 0 fully saturated rings. The summed E-state index contributed by atoms with van der Waals surface area (Å²) in [5, 5.41) is 0. The molecule has 0 bridgehead atoms. The van der Waals surface area contributed by atoms with Crippen LogP contribution in [0, 0.1) is 0 Å². The summed E-state index contributed by atoms with van der Waals surface area (Å²) >= 11 is 1.91. The third-order valence-corrected chi connectivity index (χ3v) is 4.02. The van der Waals surface area contributed by atoms with E-state index in [2.05, 4.69) is 39.2 Å². The summed E-state index contributed by atoms with van der Waals surface area (Å²) in [6.45, 7) is 12.0. The average Bonchev–Trinajstić information content (AvgIpc) is 2.30. The van der Waals surface area contributed by atoms with Gasteiger partial charge in [0.15, 0.2) is 0 Å². The first-order valence-electron chi connectivity index (χ1n) is 6.30. The van der Waals surface area contributed by atoms with Crippen molar-refractivity contribution < 1.29 is 14.4 Å². The number of rotatable bonds is 10. The van der Waals surface area contributed by atoms with Gasteiger partial charge in [-0.15, -0.1) is 0 Å². The molecule has 0 N–H and O–H groups in total. The van der Waals surface area contributed by atoms with Crippen molar-refractivity contribution in [2.45, 2.75) is 49.3 Å². The zero-order valence-corrected chi connectivity index (χ0v) is 12.2. The Balaban J connectivity index is 3.60. The molecular weight excluding hydrogens is 251 g/mol. The van der Waals surface area contributed by atoms with Crippen molar-refractivity contribution in [1.82, 2.24) is 0 Å². The monoisotopic (exact) mass is 276 g/mol. The van der Waals surface area contributed by atoms with Crippen molar-refractivity contribution in [1.29, 1.82) is 0 Å². The van der Waals surface area contributed by atoms with E-state index in [9.17, 15) is 0 Å². The summed E-state index contributed by atoms with van der Waals surface area (Å²) in [7, 11) is 0. The van der Waals surface area contributed by atoms with E-state index in [1.165, 1.54) is 12.8 Å². The van der Waals surface area contributed by atoms with E-state index in [1.807, 2.05) is 38.7 Å². The zero-order chi connectivity index (χ0) is 12.9. The van der Waals surface area contributed by atoms with E-state index in [1.54, 1.807) is 0 Å². The van der Waals surface area contributed by atoms with Crippen molar-refractivity contribution in [2.75, 3.05) is 0 Å². The van der Waals surface area contributed by atoms with Crippen molar-refractivity contribution in [3.63, 3.8) is 0 Å². The van der Waals surface area contributed by atoms with Gasteiger partial charge in [-0.3, -0.25) is 0 Å². The number of allylic oxidation sites excluding steroid dienone is 6. The maximum absolute atomic E-state index is 3.67. The molecule has 0 amide bonds. The van der Waals surface area contributed by atoms with Gasteiger partial charge in [0.05, 0.1) is 0 Å². The van der Waals surface area contributed by atoms with E-state index in [4.69, 9.17) is 0 Å². The van der Waals surface area contributed by atoms with Crippen molar-refractivity contribution >= 4 is 0 Å². The Morgan fingerprint density at radius 3 is 1.65 bits per heavy atom. The van der Waals surface area contributed by atoms with E-state index in [-0.39, 0.29) is 0 Å². The van der Waals surface area contributed by atoms with Crippen LogP contribution in [0.5, 0.6) is 0 Å². The molecule has 0 saturated carbocycles. The van der Waals surface area contributed by atoms with Crippen molar-refractivity contribution in [3.05, 3.63) is 49.6 Å². The average molecular weight is 277 g/mol. The molecule has 0 aliphatic rings. The first-order valence-corrected chi connectivity index (χ1v) is 7.44. The molecule has 0 aromatic heterocycles.